The van der Waals surface area contributed by atoms with Crippen LogP contribution < -0.4 is 16.0 Å². The Morgan fingerprint density at radius 3 is 2.94 bits per heavy atom. The Bertz CT molecular complexity index is 412. The zero-order valence-corrected chi connectivity index (χ0v) is 10.6. The maximum absolute atomic E-state index is 5.72. The second-order valence-electron chi connectivity index (χ2n) is 4.67. The second kappa shape index (κ2) is 5.13. The summed E-state index contributed by atoms with van der Waals surface area (Å²) in [7, 11) is 2.14. The number of nitrogens with two attached hydrogens (primary N) is 1. The number of nitrogens with one attached hydrogen (secondary N) is 1. The summed E-state index contributed by atoms with van der Waals surface area (Å²) in [6, 6.07) is 8.72. The Morgan fingerprint density at radius 1 is 1.47 bits per heavy atom. The molecule has 0 amide bonds. The van der Waals surface area contributed by atoms with Gasteiger partial charge in [0.15, 0.2) is 0 Å². The Hall–Kier alpha value is -1.64. The lowest BCUT2D eigenvalue weighted by atomic mass is 10.1. The second-order valence-corrected chi connectivity index (χ2v) is 4.67. The Morgan fingerprint density at radius 2 is 2.29 bits per heavy atom. The van der Waals surface area contributed by atoms with Gasteiger partial charge in [-0.1, -0.05) is 19.1 Å². The average molecular weight is 231 g/mol. The minimum atomic E-state index is 0.505. The van der Waals surface area contributed by atoms with Crippen molar-refractivity contribution in [1.82, 2.24) is 5.32 Å². The standard InChI is InChI=1S/C14H21N3/c1-3-11-5-4-6-13(7-11)17(2)10-12-8-14(15)16-9-12/h4-8,12,16H,3,9-10,15H2,1-2H3/t12-/m0/s1. The SMILES string of the molecule is CCc1cccc(N(C)C[C@H]2C=C(N)NC2)c1. The summed E-state index contributed by atoms with van der Waals surface area (Å²) in [6.07, 6.45) is 3.19. The largest absolute Gasteiger partial charge is 0.386 e. The van der Waals surface area contributed by atoms with E-state index in [4.69, 9.17) is 5.73 Å². The first-order valence-electron chi connectivity index (χ1n) is 6.20. The minimum absolute atomic E-state index is 0.505. The van der Waals surface area contributed by atoms with E-state index < -0.39 is 0 Å². The molecule has 0 bridgehead atoms. The van der Waals surface area contributed by atoms with Crippen molar-refractivity contribution in [1.29, 1.82) is 0 Å². The zero-order valence-electron chi connectivity index (χ0n) is 10.6. The van der Waals surface area contributed by atoms with E-state index in [0.717, 1.165) is 25.3 Å². The maximum atomic E-state index is 5.72. The van der Waals surface area contributed by atoms with Gasteiger partial charge in [0.25, 0.3) is 0 Å². The molecule has 0 saturated carbocycles. The first kappa shape index (κ1) is 11.8. The van der Waals surface area contributed by atoms with Crippen LogP contribution in [-0.4, -0.2) is 20.1 Å². The average Bonchev–Trinajstić information content (AvgIpc) is 2.75. The van der Waals surface area contributed by atoms with Gasteiger partial charge in [-0.3, -0.25) is 0 Å². The Labute approximate surface area is 103 Å². The molecule has 3 N–H and O–H groups in total. The van der Waals surface area contributed by atoms with Crippen molar-refractivity contribution in [2.24, 2.45) is 11.7 Å². The van der Waals surface area contributed by atoms with E-state index in [1.165, 1.54) is 11.3 Å². The van der Waals surface area contributed by atoms with Crippen LogP contribution in [0.3, 0.4) is 0 Å². The highest BCUT2D eigenvalue weighted by atomic mass is 15.1. The van der Waals surface area contributed by atoms with E-state index in [-0.39, 0.29) is 0 Å². The number of benzene rings is 1. The molecular weight excluding hydrogens is 210 g/mol. The molecule has 1 aliphatic rings. The van der Waals surface area contributed by atoms with Gasteiger partial charge in [-0.05, 0) is 30.2 Å². The van der Waals surface area contributed by atoms with Crippen molar-refractivity contribution in [2.75, 3.05) is 25.0 Å². The van der Waals surface area contributed by atoms with Crippen LogP contribution in [0.1, 0.15) is 12.5 Å². The molecule has 0 aliphatic carbocycles. The molecular formula is C14H21N3. The normalized spacial score (nSPS) is 18.7. The molecule has 3 heteroatoms. The van der Waals surface area contributed by atoms with Crippen molar-refractivity contribution in [3.63, 3.8) is 0 Å². The van der Waals surface area contributed by atoms with Crippen molar-refractivity contribution < 1.29 is 0 Å². The van der Waals surface area contributed by atoms with Gasteiger partial charge in [-0.15, -0.1) is 0 Å². The Balaban J connectivity index is 2.01. The van der Waals surface area contributed by atoms with Gasteiger partial charge in [0.2, 0.25) is 0 Å². The molecule has 0 fully saturated rings. The first-order valence-corrected chi connectivity index (χ1v) is 6.20. The van der Waals surface area contributed by atoms with Gasteiger partial charge in [-0.25, -0.2) is 0 Å². The maximum Gasteiger partial charge on any atom is 0.0923 e. The van der Waals surface area contributed by atoms with Crippen LogP contribution in [0, 0.1) is 5.92 Å². The number of aryl methyl sites for hydroxylation is 1. The molecule has 92 valence electrons. The lowest BCUT2D eigenvalue weighted by Crippen LogP contribution is -2.27. The number of rotatable bonds is 4. The highest BCUT2D eigenvalue weighted by Gasteiger charge is 2.15. The molecule has 2 rings (SSSR count). The van der Waals surface area contributed by atoms with Crippen LogP contribution >= 0.6 is 0 Å². The molecule has 17 heavy (non-hydrogen) atoms. The molecule has 0 spiro atoms. The van der Waals surface area contributed by atoms with Crippen molar-refractivity contribution >= 4 is 5.69 Å². The predicted molar refractivity (Wildman–Crippen MR) is 72.9 cm³/mol. The van der Waals surface area contributed by atoms with Gasteiger partial charge < -0.3 is 16.0 Å². The molecule has 1 aliphatic heterocycles. The molecule has 0 saturated heterocycles. The van der Waals surface area contributed by atoms with E-state index in [1.54, 1.807) is 0 Å². The number of hydrogen-bond acceptors (Lipinski definition) is 3. The van der Waals surface area contributed by atoms with E-state index in [9.17, 15) is 0 Å². The fourth-order valence-corrected chi connectivity index (χ4v) is 2.21. The monoisotopic (exact) mass is 231 g/mol. The van der Waals surface area contributed by atoms with Crippen LogP contribution in [0.5, 0.6) is 0 Å². The lowest BCUT2D eigenvalue weighted by molar-refractivity contribution is 0.640. The van der Waals surface area contributed by atoms with Gasteiger partial charge in [-0.2, -0.15) is 0 Å². The van der Waals surface area contributed by atoms with E-state index in [0.29, 0.717) is 5.92 Å². The van der Waals surface area contributed by atoms with Crippen LogP contribution in [0.25, 0.3) is 0 Å². The van der Waals surface area contributed by atoms with Crippen molar-refractivity contribution in [2.45, 2.75) is 13.3 Å². The van der Waals surface area contributed by atoms with E-state index >= 15 is 0 Å². The molecule has 1 heterocycles. The molecule has 0 unspecified atom stereocenters. The quantitative estimate of drug-likeness (QED) is 0.829. The third-order valence-corrected chi connectivity index (χ3v) is 3.25. The Kier molecular flexibility index (Phi) is 3.57. The fourth-order valence-electron chi connectivity index (χ4n) is 2.21. The van der Waals surface area contributed by atoms with Crippen LogP contribution in [0.2, 0.25) is 0 Å². The molecule has 0 radical (unpaired) electrons. The number of hydrogen-bond donors (Lipinski definition) is 2. The lowest BCUT2D eigenvalue weighted by Gasteiger charge is -2.22. The van der Waals surface area contributed by atoms with Gasteiger partial charge in [0.1, 0.15) is 0 Å². The molecule has 3 nitrogen and oxygen atoms in total. The summed E-state index contributed by atoms with van der Waals surface area (Å²) in [4.78, 5) is 2.29. The van der Waals surface area contributed by atoms with Crippen molar-refractivity contribution in [3.8, 4) is 0 Å². The molecule has 1 aromatic carbocycles. The third kappa shape index (κ3) is 2.93. The van der Waals surface area contributed by atoms with E-state index in [2.05, 4.69) is 54.5 Å². The first-order chi connectivity index (χ1) is 8.19. The third-order valence-electron chi connectivity index (χ3n) is 3.25. The van der Waals surface area contributed by atoms with Gasteiger partial charge >= 0.3 is 0 Å². The van der Waals surface area contributed by atoms with Crippen LogP contribution in [0.4, 0.5) is 5.69 Å². The zero-order chi connectivity index (χ0) is 12.3. The summed E-state index contributed by atoms with van der Waals surface area (Å²) in [5, 5.41) is 3.16. The summed E-state index contributed by atoms with van der Waals surface area (Å²) >= 11 is 0. The molecule has 0 aromatic heterocycles. The van der Waals surface area contributed by atoms with Gasteiger partial charge in [0, 0.05) is 31.7 Å². The van der Waals surface area contributed by atoms with E-state index in [1.807, 2.05) is 0 Å². The number of anilines is 1. The summed E-state index contributed by atoms with van der Waals surface area (Å²) in [5.74, 6) is 1.32. The van der Waals surface area contributed by atoms with Crippen LogP contribution in [0.15, 0.2) is 36.2 Å². The fraction of sp³-hybridized carbons (Fsp3) is 0.429. The summed E-state index contributed by atoms with van der Waals surface area (Å²) in [5.41, 5.74) is 8.38. The number of nitrogens with zero attached hydrogens (tertiary/aromatic N) is 1. The van der Waals surface area contributed by atoms with Gasteiger partial charge in [0.05, 0.1) is 5.82 Å². The van der Waals surface area contributed by atoms with Crippen molar-refractivity contribution in [3.05, 3.63) is 41.7 Å². The minimum Gasteiger partial charge on any atom is -0.386 e. The summed E-state index contributed by atoms with van der Waals surface area (Å²) in [6.45, 7) is 4.13. The smallest absolute Gasteiger partial charge is 0.0923 e. The van der Waals surface area contributed by atoms with Crippen LogP contribution in [-0.2, 0) is 6.42 Å². The predicted octanol–water partition coefficient (Wildman–Crippen LogP) is 1.70. The topological polar surface area (TPSA) is 41.3 Å². The highest BCUT2D eigenvalue weighted by Crippen LogP contribution is 2.18. The molecule has 1 aromatic rings. The summed E-state index contributed by atoms with van der Waals surface area (Å²) < 4.78 is 0. The highest BCUT2D eigenvalue weighted by molar-refractivity contribution is 5.48. The molecule has 1 atom stereocenters.